The SMILES string of the molecule is CN(Cc1ccc2c(c1)OCO2)C(=O)c1ccc(C(=O)N(C)Cc2ccc3c(c2)OCO3)cc1. The predicted molar refractivity (Wildman–Crippen MR) is 123 cm³/mol. The van der Waals surface area contributed by atoms with Gasteiger partial charge < -0.3 is 28.7 Å². The van der Waals surface area contributed by atoms with Crippen molar-refractivity contribution in [2.45, 2.75) is 13.1 Å². The molecule has 0 unspecified atom stereocenters. The standard InChI is InChI=1S/C26H24N2O6/c1-27(13-17-3-9-21-23(11-17)33-15-31-21)25(29)19-5-7-20(8-6-19)26(30)28(2)14-18-4-10-22-24(12-18)34-16-32-22/h3-12H,13-16H2,1-2H3. The van der Waals surface area contributed by atoms with Gasteiger partial charge in [-0.05, 0) is 59.7 Å². The van der Waals surface area contributed by atoms with E-state index in [1.807, 2.05) is 36.4 Å². The molecule has 2 aliphatic rings. The Bertz CT molecular complexity index is 1140. The number of fused-ring (bicyclic) bond motifs is 2. The van der Waals surface area contributed by atoms with Crippen LogP contribution in [0.25, 0.3) is 0 Å². The van der Waals surface area contributed by atoms with Crippen LogP contribution in [0.1, 0.15) is 31.8 Å². The van der Waals surface area contributed by atoms with Crippen molar-refractivity contribution >= 4 is 11.8 Å². The third-order valence-electron chi connectivity index (χ3n) is 5.79. The molecule has 0 radical (unpaired) electrons. The van der Waals surface area contributed by atoms with E-state index in [-0.39, 0.29) is 25.4 Å². The first kappa shape index (κ1) is 21.6. The zero-order valence-electron chi connectivity index (χ0n) is 18.9. The number of hydrogen-bond acceptors (Lipinski definition) is 6. The summed E-state index contributed by atoms with van der Waals surface area (Å²) in [5, 5.41) is 0. The van der Waals surface area contributed by atoms with Crippen molar-refractivity contribution in [2.24, 2.45) is 0 Å². The minimum Gasteiger partial charge on any atom is -0.454 e. The molecule has 5 rings (SSSR count). The molecule has 0 saturated heterocycles. The van der Waals surface area contributed by atoms with E-state index in [4.69, 9.17) is 18.9 Å². The molecule has 3 aromatic carbocycles. The average molecular weight is 460 g/mol. The first-order chi connectivity index (χ1) is 16.5. The maximum absolute atomic E-state index is 12.9. The highest BCUT2D eigenvalue weighted by Gasteiger charge is 2.19. The normalized spacial score (nSPS) is 13.0. The first-order valence-corrected chi connectivity index (χ1v) is 10.9. The summed E-state index contributed by atoms with van der Waals surface area (Å²) in [6, 6.07) is 18.0. The molecule has 8 nitrogen and oxygen atoms in total. The lowest BCUT2D eigenvalue weighted by molar-refractivity contribution is 0.0773. The molecule has 0 bridgehead atoms. The fourth-order valence-corrected chi connectivity index (χ4v) is 3.97. The molecule has 174 valence electrons. The number of carbonyl (C=O) groups is 2. The molecular weight excluding hydrogens is 436 g/mol. The number of hydrogen-bond donors (Lipinski definition) is 0. The molecular formula is C26H24N2O6. The van der Waals surface area contributed by atoms with Crippen LogP contribution in [0.2, 0.25) is 0 Å². The zero-order valence-corrected chi connectivity index (χ0v) is 18.9. The van der Waals surface area contributed by atoms with Gasteiger partial charge in [0.1, 0.15) is 0 Å². The highest BCUT2D eigenvalue weighted by molar-refractivity contribution is 5.97. The van der Waals surface area contributed by atoms with E-state index in [0.717, 1.165) is 11.1 Å². The van der Waals surface area contributed by atoms with Crippen molar-refractivity contribution in [2.75, 3.05) is 27.7 Å². The maximum Gasteiger partial charge on any atom is 0.253 e. The summed E-state index contributed by atoms with van der Waals surface area (Å²) >= 11 is 0. The van der Waals surface area contributed by atoms with Crippen molar-refractivity contribution in [1.29, 1.82) is 0 Å². The molecule has 34 heavy (non-hydrogen) atoms. The smallest absolute Gasteiger partial charge is 0.253 e. The summed E-state index contributed by atoms with van der Waals surface area (Å²) in [6.45, 7) is 1.28. The summed E-state index contributed by atoms with van der Waals surface area (Å²) in [6.07, 6.45) is 0. The molecule has 0 spiro atoms. The number of benzene rings is 3. The lowest BCUT2D eigenvalue weighted by Crippen LogP contribution is -2.27. The second-order valence-corrected chi connectivity index (χ2v) is 8.28. The van der Waals surface area contributed by atoms with Gasteiger partial charge in [0.2, 0.25) is 13.6 Å². The monoisotopic (exact) mass is 460 g/mol. The summed E-state index contributed by atoms with van der Waals surface area (Å²) < 4.78 is 21.5. The third kappa shape index (κ3) is 4.34. The van der Waals surface area contributed by atoms with E-state index >= 15 is 0 Å². The van der Waals surface area contributed by atoms with Crippen LogP contribution in [-0.2, 0) is 13.1 Å². The van der Waals surface area contributed by atoms with Crippen molar-refractivity contribution in [3.63, 3.8) is 0 Å². The van der Waals surface area contributed by atoms with E-state index in [9.17, 15) is 9.59 Å². The molecule has 2 amide bonds. The van der Waals surface area contributed by atoms with Gasteiger partial charge >= 0.3 is 0 Å². The Morgan fingerprint density at radius 3 is 1.41 bits per heavy atom. The molecule has 2 heterocycles. The molecule has 8 heteroatoms. The Kier molecular flexibility index (Phi) is 5.71. The van der Waals surface area contributed by atoms with Gasteiger partial charge in [-0.1, -0.05) is 12.1 Å². The highest BCUT2D eigenvalue weighted by Crippen LogP contribution is 2.33. The highest BCUT2D eigenvalue weighted by atomic mass is 16.7. The topological polar surface area (TPSA) is 77.5 Å². The minimum absolute atomic E-state index is 0.134. The lowest BCUT2D eigenvalue weighted by Gasteiger charge is -2.19. The van der Waals surface area contributed by atoms with Gasteiger partial charge in [0, 0.05) is 38.3 Å². The Morgan fingerprint density at radius 2 is 1.00 bits per heavy atom. The minimum atomic E-state index is -0.134. The molecule has 0 atom stereocenters. The van der Waals surface area contributed by atoms with E-state index < -0.39 is 0 Å². The zero-order chi connectivity index (χ0) is 23.7. The van der Waals surface area contributed by atoms with Gasteiger partial charge in [0.05, 0.1) is 0 Å². The van der Waals surface area contributed by atoms with Crippen molar-refractivity contribution in [1.82, 2.24) is 9.80 Å². The van der Waals surface area contributed by atoms with Crippen LogP contribution in [0.3, 0.4) is 0 Å². The number of ether oxygens (including phenoxy) is 4. The quantitative estimate of drug-likeness (QED) is 0.559. The third-order valence-corrected chi connectivity index (χ3v) is 5.79. The van der Waals surface area contributed by atoms with Crippen LogP contribution in [0, 0.1) is 0 Å². The van der Waals surface area contributed by atoms with Gasteiger partial charge in [-0.3, -0.25) is 9.59 Å². The lowest BCUT2D eigenvalue weighted by atomic mass is 10.1. The molecule has 0 saturated carbocycles. The van der Waals surface area contributed by atoms with E-state index in [1.54, 1.807) is 48.2 Å². The van der Waals surface area contributed by atoms with Gasteiger partial charge in [0.25, 0.3) is 11.8 Å². The predicted octanol–water partition coefficient (Wildman–Crippen LogP) is 3.69. The Hall–Kier alpha value is -4.20. The Balaban J connectivity index is 1.21. The van der Waals surface area contributed by atoms with Gasteiger partial charge in [-0.25, -0.2) is 0 Å². The van der Waals surface area contributed by atoms with Crippen LogP contribution < -0.4 is 18.9 Å². The largest absolute Gasteiger partial charge is 0.454 e. The summed E-state index contributed by atoms with van der Waals surface area (Å²) in [5.41, 5.74) is 2.91. The van der Waals surface area contributed by atoms with E-state index in [0.29, 0.717) is 47.2 Å². The maximum atomic E-state index is 12.9. The van der Waals surface area contributed by atoms with Crippen LogP contribution in [0.4, 0.5) is 0 Å². The van der Waals surface area contributed by atoms with Gasteiger partial charge in [-0.15, -0.1) is 0 Å². The second kappa shape index (κ2) is 8.97. The molecule has 0 aliphatic carbocycles. The van der Waals surface area contributed by atoms with Crippen molar-refractivity contribution in [3.05, 3.63) is 82.9 Å². The fourth-order valence-electron chi connectivity index (χ4n) is 3.97. The molecule has 0 N–H and O–H groups in total. The van der Waals surface area contributed by atoms with Crippen LogP contribution >= 0.6 is 0 Å². The molecule has 2 aliphatic heterocycles. The number of rotatable bonds is 6. The van der Waals surface area contributed by atoms with Crippen molar-refractivity contribution in [3.8, 4) is 23.0 Å². The average Bonchev–Trinajstić information content (AvgIpc) is 3.52. The number of amides is 2. The molecule has 0 fully saturated rings. The van der Waals surface area contributed by atoms with Crippen LogP contribution in [-0.4, -0.2) is 49.3 Å². The van der Waals surface area contributed by atoms with E-state index in [2.05, 4.69) is 0 Å². The fraction of sp³-hybridized carbons (Fsp3) is 0.231. The van der Waals surface area contributed by atoms with Crippen LogP contribution in [0.5, 0.6) is 23.0 Å². The van der Waals surface area contributed by atoms with Gasteiger partial charge in [0.15, 0.2) is 23.0 Å². The number of carbonyl (C=O) groups excluding carboxylic acids is 2. The van der Waals surface area contributed by atoms with Crippen molar-refractivity contribution < 1.29 is 28.5 Å². The van der Waals surface area contributed by atoms with E-state index in [1.165, 1.54) is 0 Å². The summed E-state index contributed by atoms with van der Waals surface area (Å²) in [4.78, 5) is 29.0. The summed E-state index contributed by atoms with van der Waals surface area (Å²) in [5.74, 6) is 2.52. The second-order valence-electron chi connectivity index (χ2n) is 8.28. The Morgan fingerprint density at radius 1 is 0.618 bits per heavy atom. The molecule has 3 aromatic rings. The Labute approximate surface area is 197 Å². The number of nitrogens with zero attached hydrogens (tertiary/aromatic N) is 2. The molecule has 0 aromatic heterocycles. The van der Waals surface area contributed by atoms with Crippen LogP contribution in [0.15, 0.2) is 60.7 Å². The summed E-state index contributed by atoms with van der Waals surface area (Å²) in [7, 11) is 3.48. The first-order valence-electron chi connectivity index (χ1n) is 10.9. The van der Waals surface area contributed by atoms with Gasteiger partial charge in [-0.2, -0.15) is 0 Å².